The molecule has 4 nitrogen and oxygen atoms in total. The fourth-order valence-electron chi connectivity index (χ4n) is 1.76. The van der Waals surface area contributed by atoms with E-state index in [9.17, 15) is 9.59 Å². The lowest BCUT2D eigenvalue weighted by atomic mass is 10.2. The van der Waals surface area contributed by atoms with Gasteiger partial charge in [0.15, 0.2) is 0 Å². The Bertz CT molecular complexity index is 260. The molecule has 1 atom stereocenters. The van der Waals surface area contributed by atoms with Crippen molar-refractivity contribution in [1.82, 2.24) is 10.2 Å². The van der Waals surface area contributed by atoms with Gasteiger partial charge in [-0.3, -0.25) is 14.5 Å². The van der Waals surface area contributed by atoms with Gasteiger partial charge in [-0.2, -0.15) is 0 Å². The van der Waals surface area contributed by atoms with Crippen molar-refractivity contribution < 1.29 is 9.59 Å². The van der Waals surface area contributed by atoms with Crippen molar-refractivity contribution in [1.29, 1.82) is 0 Å². The Balaban J connectivity index is 2.17. The summed E-state index contributed by atoms with van der Waals surface area (Å²) in [6.07, 6.45) is 4.67. The van der Waals surface area contributed by atoms with Gasteiger partial charge in [0, 0.05) is 32.0 Å². The lowest BCUT2D eigenvalue weighted by Gasteiger charge is -2.17. The molecule has 1 fully saturated rings. The summed E-state index contributed by atoms with van der Waals surface area (Å²) in [4.78, 5) is 23.9. The minimum absolute atomic E-state index is 0.0365. The van der Waals surface area contributed by atoms with Crippen LogP contribution < -0.4 is 5.32 Å². The Hall–Kier alpha value is -1.16. The molecule has 0 saturated carbocycles. The molecule has 1 saturated heterocycles. The summed E-state index contributed by atoms with van der Waals surface area (Å²) >= 11 is 0. The number of likely N-dealkylation sites (tertiary alicyclic amines) is 1. The fraction of sp³-hybridized carbons (Fsp3) is 0.667. The summed E-state index contributed by atoms with van der Waals surface area (Å²) in [5.74, 6) is -0.0731. The first kappa shape index (κ1) is 12.9. The number of carbonyl (C=O) groups excluding carboxylic acids is 2. The summed E-state index contributed by atoms with van der Waals surface area (Å²) < 4.78 is 0. The van der Waals surface area contributed by atoms with Crippen molar-refractivity contribution in [3.8, 4) is 0 Å². The SMILES string of the molecule is C=CCCC(C)NCCN1C(=O)CCC1=O. The minimum atomic E-state index is -0.0365. The van der Waals surface area contributed by atoms with E-state index in [0.29, 0.717) is 32.0 Å². The topological polar surface area (TPSA) is 49.4 Å². The number of nitrogens with zero attached hydrogens (tertiary/aromatic N) is 1. The van der Waals surface area contributed by atoms with Crippen LogP contribution in [0.25, 0.3) is 0 Å². The van der Waals surface area contributed by atoms with Crippen LogP contribution in [0.5, 0.6) is 0 Å². The van der Waals surface area contributed by atoms with Crippen LogP contribution in [0.15, 0.2) is 12.7 Å². The van der Waals surface area contributed by atoms with Gasteiger partial charge in [-0.05, 0) is 19.8 Å². The Kier molecular flexibility index (Phi) is 5.19. The van der Waals surface area contributed by atoms with E-state index in [1.807, 2.05) is 6.08 Å². The number of imide groups is 1. The summed E-state index contributed by atoms with van der Waals surface area (Å²) in [5.41, 5.74) is 0. The third kappa shape index (κ3) is 3.77. The molecule has 0 aromatic heterocycles. The third-order valence-electron chi connectivity index (χ3n) is 2.79. The van der Waals surface area contributed by atoms with Gasteiger partial charge >= 0.3 is 0 Å². The molecule has 1 heterocycles. The first-order chi connectivity index (χ1) is 7.65. The fourth-order valence-corrected chi connectivity index (χ4v) is 1.76. The van der Waals surface area contributed by atoms with Gasteiger partial charge in [0.25, 0.3) is 0 Å². The Morgan fingerprint density at radius 1 is 1.44 bits per heavy atom. The van der Waals surface area contributed by atoms with E-state index in [-0.39, 0.29) is 11.8 Å². The van der Waals surface area contributed by atoms with E-state index >= 15 is 0 Å². The van der Waals surface area contributed by atoms with Gasteiger partial charge in [0.2, 0.25) is 11.8 Å². The van der Waals surface area contributed by atoms with Crippen LogP contribution in [0.3, 0.4) is 0 Å². The Labute approximate surface area is 96.7 Å². The Morgan fingerprint density at radius 3 is 2.62 bits per heavy atom. The number of rotatable bonds is 7. The number of allylic oxidation sites excluding steroid dienone is 1. The molecule has 0 aromatic carbocycles. The number of amides is 2. The van der Waals surface area contributed by atoms with Gasteiger partial charge in [-0.15, -0.1) is 6.58 Å². The van der Waals surface area contributed by atoms with E-state index in [1.165, 1.54) is 4.90 Å². The first-order valence-electron chi connectivity index (χ1n) is 5.82. The average Bonchev–Trinajstić information content (AvgIpc) is 2.57. The molecule has 1 rings (SSSR count). The van der Waals surface area contributed by atoms with Crippen molar-refractivity contribution in [3.63, 3.8) is 0 Å². The maximum atomic E-state index is 11.3. The molecule has 2 amide bonds. The molecule has 0 radical (unpaired) electrons. The smallest absolute Gasteiger partial charge is 0.229 e. The molecular weight excluding hydrogens is 204 g/mol. The van der Waals surface area contributed by atoms with Crippen molar-refractivity contribution >= 4 is 11.8 Å². The van der Waals surface area contributed by atoms with Gasteiger partial charge in [0.1, 0.15) is 0 Å². The maximum absolute atomic E-state index is 11.3. The molecule has 90 valence electrons. The van der Waals surface area contributed by atoms with Crippen LogP contribution in [0.4, 0.5) is 0 Å². The lowest BCUT2D eigenvalue weighted by Crippen LogP contribution is -2.38. The number of nitrogens with one attached hydrogen (secondary N) is 1. The highest BCUT2D eigenvalue weighted by atomic mass is 16.2. The normalized spacial score (nSPS) is 17.9. The van der Waals surface area contributed by atoms with Crippen molar-refractivity contribution in [2.75, 3.05) is 13.1 Å². The predicted molar refractivity (Wildman–Crippen MR) is 62.8 cm³/mol. The van der Waals surface area contributed by atoms with Crippen LogP contribution in [0.2, 0.25) is 0 Å². The molecular formula is C12H20N2O2. The van der Waals surface area contributed by atoms with Crippen molar-refractivity contribution in [2.45, 2.75) is 38.6 Å². The van der Waals surface area contributed by atoms with Gasteiger partial charge < -0.3 is 5.32 Å². The van der Waals surface area contributed by atoms with Crippen LogP contribution in [-0.4, -0.2) is 35.8 Å². The summed E-state index contributed by atoms with van der Waals surface area (Å²) in [7, 11) is 0. The lowest BCUT2D eigenvalue weighted by molar-refractivity contribution is -0.138. The number of hydrogen-bond donors (Lipinski definition) is 1. The zero-order valence-corrected chi connectivity index (χ0v) is 9.87. The van der Waals surface area contributed by atoms with Crippen LogP contribution >= 0.6 is 0 Å². The first-order valence-corrected chi connectivity index (χ1v) is 5.82. The molecule has 4 heteroatoms. The van der Waals surface area contributed by atoms with Crippen LogP contribution in [0.1, 0.15) is 32.6 Å². The van der Waals surface area contributed by atoms with E-state index in [0.717, 1.165) is 12.8 Å². The number of carbonyl (C=O) groups is 2. The molecule has 1 unspecified atom stereocenters. The maximum Gasteiger partial charge on any atom is 0.229 e. The standard InChI is InChI=1S/C12H20N2O2/c1-3-4-5-10(2)13-8-9-14-11(15)6-7-12(14)16/h3,10,13H,1,4-9H2,2H3. The quantitative estimate of drug-likeness (QED) is 0.520. The van der Waals surface area contributed by atoms with Gasteiger partial charge in [-0.1, -0.05) is 6.08 Å². The van der Waals surface area contributed by atoms with Crippen LogP contribution in [0, 0.1) is 0 Å². The second-order valence-corrected chi connectivity index (χ2v) is 4.16. The van der Waals surface area contributed by atoms with E-state index in [2.05, 4.69) is 18.8 Å². The largest absolute Gasteiger partial charge is 0.312 e. The average molecular weight is 224 g/mol. The molecule has 16 heavy (non-hydrogen) atoms. The summed E-state index contributed by atoms with van der Waals surface area (Å²) in [6, 6.07) is 0.394. The highest BCUT2D eigenvalue weighted by Gasteiger charge is 2.27. The Morgan fingerprint density at radius 2 is 2.06 bits per heavy atom. The molecule has 1 aliphatic rings. The molecule has 1 aliphatic heterocycles. The van der Waals surface area contributed by atoms with Crippen molar-refractivity contribution in [3.05, 3.63) is 12.7 Å². The summed E-state index contributed by atoms with van der Waals surface area (Å²) in [6.45, 7) is 6.94. The highest BCUT2D eigenvalue weighted by Crippen LogP contribution is 2.10. The van der Waals surface area contributed by atoms with Gasteiger partial charge in [-0.25, -0.2) is 0 Å². The van der Waals surface area contributed by atoms with E-state index in [4.69, 9.17) is 0 Å². The van der Waals surface area contributed by atoms with Crippen molar-refractivity contribution in [2.24, 2.45) is 0 Å². The molecule has 0 aliphatic carbocycles. The van der Waals surface area contributed by atoms with E-state index in [1.54, 1.807) is 0 Å². The zero-order chi connectivity index (χ0) is 12.0. The second-order valence-electron chi connectivity index (χ2n) is 4.16. The van der Waals surface area contributed by atoms with Gasteiger partial charge in [0.05, 0.1) is 0 Å². The van der Waals surface area contributed by atoms with E-state index < -0.39 is 0 Å². The third-order valence-corrected chi connectivity index (χ3v) is 2.79. The molecule has 0 bridgehead atoms. The summed E-state index contributed by atoms with van der Waals surface area (Å²) in [5, 5.41) is 3.29. The highest BCUT2D eigenvalue weighted by molar-refractivity contribution is 6.01. The van der Waals surface area contributed by atoms with Crippen LogP contribution in [-0.2, 0) is 9.59 Å². The minimum Gasteiger partial charge on any atom is -0.312 e. The molecule has 0 spiro atoms. The monoisotopic (exact) mass is 224 g/mol. The second kappa shape index (κ2) is 6.43. The zero-order valence-electron chi connectivity index (χ0n) is 9.87. The predicted octanol–water partition coefficient (Wildman–Crippen LogP) is 1.08. The number of hydrogen-bond acceptors (Lipinski definition) is 3. The molecule has 0 aromatic rings. The molecule has 1 N–H and O–H groups in total.